The normalized spacial score (nSPS) is 11.3. The van der Waals surface area contributed by atoms with E-state index in [0.29, 0.717) is 34.0 Å². The molecule has 0 saturated carbocycles. The topological polar surface area (TPSA) is 63.8 Å². The number of hydrogen-bond donors (Lipinski definition) is 0. The summed E-state index contributed by atoms with van der Waals surface area (Å²) in [6.45, 7) is 8.42. The number of hydrogen-bond acceptors (Lipinski definition) is 3. The third-order valence-electron chi connectivity index (χ3n) is 11.4. The molecule has 0 saturated heterocycles. The number of aromatic nitrogens is 4. The van der Waals surface area contributed by atoms with E-state index >= 15 is 0 Å². The predicted molar refractivity (Wildman–Crippen MR) is 243 cm³/mol. The number of benzene rings is 8. The predicted octanol–water partition coefficient (Wildman–Crippen LogP) is 13.8. The third-order valence-corrected chi connectivity index (χ3v) is 11.4. The van der Waals surface area contributed by atoms with Gasteiger partial charge in [0, 0.05) is 44.0 Å². The zero-order valence-electron chi connectivity index (χ0n) is 32.2. The third kappa shape index (κ3) is 5.56. The summed E-state index contributed by atoms with van der Waals surface area (Å²) in [4.78, 5) is 14.0. The van der Waals surface area contributed by atoms with Gasteiger partial charge in [-0.3, -0.25) is 0 Å². The molecule has 11 rings (SSSR count). The fourth-order valence-electron chi connectivity index (χ4n) is 8.67. The smallest absolute Gasteiger partial charge is 0.195 e. The molecule has 0 unspecified atom stereocenters. The molecule has 0 spiro atoms. The van der Waals surface area contributed by atoms with Crippen LogP contribution in [0, 0.1) is 17.9 Å². The van der Waals surface area contributed by atoms with E-state index in [4.69, 9.17) is 16.5 Å². The summed E-state index contributed by atoms with van der Waals surface area (Å²) in [5.41, 5.74) is 12.6. The summed E-state index contributed by atoms with van der Waals surface area (Å²) in [6, 6.07) is 68.5. The molecule has 0 atom stereocenters. The van der Waals surface area contributed by atoms with E-state index in [1.807, 2.05) is 84.9 Å². The van der Waals surface area contributed by atoms with Crippen molar-refractivity contribution in [1.29, 1.82) is 5.26 Å². The van der Waals surface area contributed by atoms with Crippen molar-refractivity contribution in [3.8, 4) is 62.5 Å². The molecule has 0 radical (unpaired) electrons. The van der Waals surface area contributed by atoms with Crippen molar-refractivity contribution in [3.05, 3.63) is 211 Å². The van der Waals surface area contributed by atoms with Gasteiger partial charge in [0.25, 0.3) is 0 Å². The van der Waals surface area contributed by atoms with Crippen molar-refractivity contribution in [2.75, 3.05) is 0 Å². The lowest BCUT2D eigenvalue weighted by atomic mass is 9.96. The average molecular weight is 765 g/mol. The maximum atomic E-state index is 10.6. The molecule has 11 aromatic rings. The summed E-state index contributed by atoms with van der Waals surface area (Å²) in [5, 5.41) is 15.2. The molecule has 3 heterocycles. The maximum absolute atomic E-state index is 10.6. The second-order valence-electron chi connectivity index (χ2n) is 14.8. The van der Waals surface area contributed by atoms with Crippen LogP contribution in [-0.4, -0.2) is 19.1 Å². The van der Waals surface area contributed by atoms with Crippen molar-refractivity contribution >= 4 is 49.3 Å². The molecule has 0 amide bonds. The van der Waals surface area contributed by atoms with Gasteiger partial charge in [0.2, 0.25) is 0 Å². The molecular formula is C54H32N6. The molecule has 0 fully saturated rings. The number of fused-ring (bicyclic) bond motifs is 6. The van der Waals surface area contributed by atoms with E-state index in [1.165, 1.54) is 10.8 Å². The molecule has 0 aliphatic carbocycles. The first-order valence-corrected chi connectivity index (χ1v) is 19.8. The van der Waals surface area contributed by atoms with Gasteiger partial charge in [-0.15, -0.1) is 0 Å². The van der Waals surface area contributed by atoms with E-state index in [0.717, 1.165) is 66.5 Å². The van der Waals surface area contributed by atoms with Crippen LogP contribution < -0.4 is 0 Å². The molecular weight excluding hydrogens is 733 g/mol. The van der Waals surface area contributed by atoms with E-state index in [9.17, 15) is 5.26 Å². The SMILES string of the molecule is [C-]#[N+]c1cc(-c2nc(-c3ccccc3)nc(-c3ccccc3)c2C#N)ccc1-c1ccc2c(c1)c1cc3c(cc1n2-c1ccccc1)c1ccccc1n3-c1ccccc1. The largest absolute Gasteiger partial charge is 0.309 e. The Labute approximate surface area is 346 Å². The van der Waals surface area contributed by atoms with Crippen LogP contribution in [0.4, 0.5) is 5.69 Å². The van der Waals surface area contributed by atoms with Crippen molar-refractivity contribution in [2.45, 2.75) is 0 Å². The lowest BCUT2D eigenvalue weighted by molar-refractivity contribution is 1.17. The number of para-hydroxylation sites is 3. The molecule has 0 N–H and O–H groups in total. The minimum absolute atomic E-state index is 0.360. The first kappa shape index (κ1) is 34.7. The molecule has 6 nitrogen and oxygen atoms in total. The van der Waals surface area contributed by atoms with Crippen molar-refractivity contribution in [1.82, 2.24) is 19.1 Å². The standard InChI is InChI=1S/C54H32N6/c1-56-47-31-38(53-46(34-55)52(35-16-6-2-7-17-35)57-54(58-53)36-18-8-3-9-19-36)26-28-41(47)37-27-29-49-43(30-37)45-33-50-44(32-51(45)60(49)40-22-12-5-13-23-40)42-24-14-15-25-48(42)59(50)39-20-10-4-11-21-39/h2-33H. The minimum Gasteiger partial charge on any atom is -0.309 e. The van der Waals surface area contributed by atoms with Gasteiger partial charge < -0.3 is 9.13 Å². The molecule has 6 heteroatoms. The first-order valence-electron chi connectivity index (χ1n) is 19.8. The Morgan fingerprint density at radius 2 is 0.933 bits per heavy atom. The second-order valence-corrected chi connectivity index (χ2v) is 14.8. The highest BCUT2D eigenvalue weighted by atomic mass is 15.0. The summed E-state index contributed by atoms with van der Waals surface area (Å²) in [7, 11) is 0. The highest BCUT2D eigenvalue weighted by molar-refractivity contribution is 6.19. The second kappa shape index (κ2) is 14.1. The Morgan fingerprint density at radius 1 is 0.433 bits per heavy atom. The monoisotopic (exact) mass is 764 g/mol. The minimum atomic E-state index is 0.360. The molecule has 278 valence electrons. The van der Waals surface area contributed by atoms with E-state index < -0.39 is 0 Å². The zero-order chi connectivity index (χ0) is 40.2. The fourth-order valence-corrected chi connectivity index (χ4v) is 8.67. The lowest BCUT2D eigenvalue weighted by Gasteiger charge is -2.14. The van der Waals surface area contributed by atoms with Crippen LogP contribution in [0.25, 0.3) is 105 Å². The van der Waals surface area contributed by atoms with Gasteiger partial charge in [-0.2, -0.15) is 5.26 Å². The highest BCUT2D eigenvalue weighted by Crippen LogP contribution is 2.43. The van der Waals surface area contributed by atoms with Crippen LogP contribution in [0.3, 0.4) is 0 Å². The van der Waals surface area contributed by atoms with Gasteiger partial charge in [0.05, 0.1) is 40.0 Å². The van der Waals surface area contributed by atoms with Gasteiger partial charge in [-0.25, -0.2) is 14.8 Å². The quantitative estimate of drug-likeness (QED) is 0.158. The Hall–Kier alpha value is -8.58. The zero-order valence-corrected chi connectivity index (χ0v) is 32.2. The van der Waals surface area contributed by atoms with Crippen molar-refractivity contribution < 1.29 is 0 Å². The summed E-state index contributed by atoms with van der Waals surface area (Å²) in [6.07, 6.45) is 0. The van der Waals surface area contributed by atoms with Crippen LogP contribution in [0.2, 0.25) is 0 Å². The van der Waals surface area contributed by atoms with Crippen LogP contribution in [0.5, 0.6) is 0 Å². The summed E-state index contributed by atoms with van der Waals surface area (Å²) < 4.78 is 4.69. The summed E-state index contributed by atoms with van der Waals surface area (Å²) >= 11 is 0. The average Bonchev–Trinajstić information content (AvgIpc) is 3.82. The van der Waals surface area contributed by atoms with Gasteiger partial charge in [0.1, 0.15) is 11.6 Å². The number of nitrogens with zero attached hydrogens (tertiary/aromatic N) is 6. The molecule has 0 bridgehead atoms. The van der Waals surface area contributed by atoms with Crippen molar-refractivity contribution in [3.63, 3.8) is 0 Å². The summed E-state index contributed by atoms with van der Waals surface area (Å²) in [5.74, 6) is 0.512. The fraction of sp³-hybridized carbons (Fsp3) is 0. The van der Waals surface area contributed by atoms with Gasteiger partial charge in [-0.1, -0.05) is 133 Å². The maximum Gasteiger partial charge on any atom is 0.195 e. The van der Waals surface area contributed by atoms with Crippen LogP contribution >= 0.6 is 0 Å². The Kier molecular flexibility index (Phi) is 8.15. The van der Waals surface area contributed by atoms with Crippen LogP contribution in [0.1, 0.15) is 5.56 Å². The molecule has 8 aromatic carbocycles. The van der Waals surface area contributed by atoms with Gasteiger partial charge in [-0.05, 0) is 77.4 Å². The van der Waals surface area contributed by atoms with E-state index in [1.54, 1.807) is 0 Å². The molecule has 3 aromatic heterocycles. The Balaban J connectivity index is 1.13. The molecule has 0 aliphatic rings. The van der Waals surface area contributed by atoms with Crippen molar-refractivity contribution in [2.24, 2.45) is 0 Å². The Morgan fingerprint density at radius 3 is 1.55 bits per heavy atom. The van der Waals surface area contributed by atoms with E-state index in [2.05, 4.69) is 129 Å². The highest BCUT2D eigenvalue weighted by Gasteiger charge is 2.22. The Bertz CT molecular complexity index is 3540. The van der Waals surface area contributed by atoms with Gasteiger partial charge in [0.15, 0.2) is 11.5 Å². The van der Waals surface area contributed by atoms with Crippen LogP contribution in [-0.2, 0) is 0 Å². The lowest BCUT2D eigenvalue weighted by Crippen LogP contribution is -2.01. The molecule has 60 heavy (non-hydrogen) atoms. The number of rotatable bonds is 6. The van der Waals surface area contributed by atoms with Crippen LogP contribution in [0.15, 0.2) is 194 Å². The van der Waals surface area contributed by atoms with Gasteiger partial charge >= 0.3 is 0 Å². The first-order chi connectivity index (χ1) is 29.7. The van der Waals surface area contributed by atoms with E-state index in [-0.39, 0.29) is 0 Å². The number of nitriles is 1. The molecule has 0 aliphatic heterocycles.